The van der Waals surface area contributed by atoms with Crippen LogP contribution in [0.25, 0.3) is 0 Å². The summed E-state index contributed by atoms with van der Waals surface area (Å²) in [6, 6.07) is 16.0. The third kappa shape index (κ3) is 4.71. The Balaban J connectivity index is 1.36. The van der Waals surface area contributed by atoms with Crippen LogP contribution < -0.4 is 10.2 Å². The van der Waals surface area contributed by atoms with Gasteiger partial charge in [-0.05, 0) is 54.4 Å². The number of carbonyl (C=O) groups is 1. The molecule has 0 unspecified atom stereocenters. The highest BCUT2D eigenvalue weighted by Gasteiger charge is 2.22. The van der Waals surface area contributed by atoms with Crippen molar-refractivity contribution >= 4 is 17.4 Å². The molecule has 1 aromatic carbocycles. The Kier molecular flexibility index (Phi) is 5.70. The molecule has 1 amide bonds. The monoisotopic (exact) mass is 387 g/mol. The van der Waals surface area contributed by atoms with E-state index in [0.717, 1.165) is 31.7 Å². The third-order valence-corrected chi connectivity index (χ3v) is 5.16. The van der Waals surface area contributed by atoms with Gasteiger partial charge in [-0.2, -0.15) is 0 Å². The Bertz CT molecular complexity index is 968. The summed E-state index contributed by atoms with van der Waals surface area (Å²) in [6.45, 7) is 5.86. The molecule has 4 rings (SSSR count). The summed E-state index contributed by atoms with van der Waals surface area (Å²) in [4.78, 5) is 25.6. The van der Waals surface area contributed by atoms with Crippen LogP contribution in [0.1, 0.15) is 21.5 Å². The first kappa shape index (κ1) is 18.9. The van der Waals surface area contributed by atoms with Crippen molar-refractivity contribution < 1.29 is 4.79 Å². The van der Waals surface area contributed by atoms with E-state index in [1.54, 1.807) is 24.7 Å². The molecule has 3 aromatic rings. The molecular formula is C23H25N5O. The molecule has 0 atom stereocenters. The van der Waals surface area contributed by atoms with Crippen molar-refractivity contribution in [3.8, 4) is 0 Å². The molecule has 6 nitrogen and oxygen atoms in total. The van der Waals surface area contributed by atoms with Gasteiger partial charge >= 0.3 is 0 Å². The minimum absolute atomic E-state index is 0.0586. The zero-order valence-electron chi connectivity index (χ0n) is 16.6. The van der Waals surface area contributed by atoms with E-state index in [1.807, 2.05) is 23.1 Å². The highest BCUT2D eigenvalue weighted by atomic mass is 16.2. The van der Waals surface area contributed by atoms with E-state index in [-0.39, 0.29) is 5.91 Å². The Hall–Kier alpha value is -3.41. The maximum atomic E-state index is 13.0. The highest BCUT2D eigenvalue weighted by Crippen LogP contribution is 2.19. The second-order valence-corrected chi connectivity index (χ2v) is 7.26. The van der Waals surface area contributed by atoms with Crippen LogP contribution in [-0.2, 0) is 6.54 Å². The molecule has 0 bridgehead atoms. The first-order valence-electron chi connectivity index (χ1n) is 9.89. The van der Waals surface area contributed by atoms with Gasteiger partial charge in [-0.3, -0.25) is 9.78 Å². The number of nitrogens with zero attached hydrogens (tertiary/aromatic N) is 4. The lowest BCUT2D eigenvalue weighted by Crippen LogP contribution is -2.48. The van der Waals surface area contributed by atoms with Gasteiger partial charge in [0.25, 0.3) is 5.91 Å². The molecule has 2 aromatic heterocycles. The van der Waals surface area contributed by atoms with Gasteiger partial charge in [-0.15, -0.1) is 0 Å². The fraction of sp³-hybridized carbons (Fsp3) is 0.261. The van der Waals surface area contributed by atoms with Gasteiger partial charge < -0.3 is 15.1 Å². The van der Waals surface area contributed by atoms with Crippen LogP contribution in [0.5, 0.6) is 0 Å². The van der Waals surface area contributed by atoms with Crippen molar-refractivity contribution in [2.45, 2.75) is 13.5 Å². The topological polar surface area (TPSA) is 61.4 Å². The summed E-state index contributed by atoms with van der Waals surface area (Å²) in [5.74, 6) is 0.759. The van der Waals surface area contributed by atoms with Crippen LogP contribution in [0.4, 0.5) is 11.5 Å². The quantitative estimate of drug-likeness (QED) is 0.727. The first-order valence-corrected chi connectivity index (χ1v) is 9.89. The van der Waals surface area contributed by atoms with Gasteiger partial charge in [0, 0.05) is 62.6 Å². The van der Waals surface area contributed by atoms with Crippen molar-refractivity contribution in [3.63, 3.8) is 0 Å². The maximum absolute atomic E-state index is 13.0. The number of aryl methyl sites for hydroxylation is 1. The maximum Gasteiger partial charge on any atom is 0.254 e. The zero-order valence-corrected chi connectivity index (χ0v) is 16.6. The van der Waals surface area contributed by atoms with Crippen molar-refractivity contribution in [3.05, 3.63) is 83.8 Å². The largest absolute Gasteiger partial charge is 0.368 e. The number of pyridine rings is 2. The number of piperazine rings is 1. The summed E-state index contributed by atoms with van der Waals surface area (Å²) in [7, 11) is 0. The number of benzene rings is 1. The van der Waals surface area contributed by atoms with Crippen LogP contribution in [-0.4, -0.2) is 47.0 Å². The van der Waals surface area contributed by atoms with Crippen molar-refractivity contribution in [1.29, 1.82) is 0 Å². The SMILES string of the molecule is Cc1cccc(N2CCN(C(=O)c3ccnc(NCc4ccncc4)c3)CC2)c1. The molecule has 1 N–H and O–H groups in total. The summed E-state index contributed by atoms with van der Waals surface area (Å²) in [5, 5.41) is 3.28. The number of hydrogen-bond acceptors (Lipinski definition) is 5. The molecular weight excluding hydrogens is 362 g/mol. The van der Waals surface area contributed by atoms with Crippen molar-refractivity contribution in [2.75, 3.05) is 36.4 Å². The predicted molar refractivity (Wildman–Crippen MR) is 115 cm³/mol. The third-order valence-electron chi connectivity index (χ3n) is 5.16. The number of nitrogens with one attached hydrogen (secondary N) is 1. The number of aromatic nitrogens is 2. The lowest BCUT2D eigenvalue weighted by Gasteiger charge is -2.36. The molecule has 1 aliphatic rings. The highest BCUT2D eigenvalue weighted by molar-refractivity contribution is 5.95. The molecule has 0 radical (unpaired) electrons. The number of rotatable bonds is 5. The fourth-order valence-corrected chi connectivity index (χ4v) is 3.53. The standard InChI is InChI=1S/C23H25N5O/c1-18-3-2-4-21(15-18)27-11-13-28(14-12-27)23(29)20-7-10-25-22(16-20)26-17-19-5-8-24-9-6-19/h2-10,15-16H,11-14,17H2,1H3,(H,25,26). The second kappa shape index (κ2) is 8.73. The fourth-order valence-electron chi connectivity index (χ4n) is 3.53. The molecule has 3 heterocycles. The molecule has 1 aliphatic heterocycles. The molecule has 6 heteroatoms. The normalized spacial score (nSPS) is 14.0. The lowest BCUT2D eigenvalue weighted by molar-refractivity contribution is 0.0746. The molecule has 0 aliphatic carbocycles. The number of carbonyl (C=O) groups excluding carboxylic acids is 1. The van der Waals surface area contributed by atoms with Gasteiger partial charge in [-0.1, -0.05) is 12.1 Å². The Morgan fingerprint density at radius 1 is 1.00 bits per heavy atom. The van der Waals surface area contributed by atoms with Crippen molar-refractivity contribution in [2.24, 2.45) is 0 Å². The van der Waals surface area contributed by atoms with Gasteiger partial charge in [0.15, 0.2) is 0 Å². The molecule has 0 spiro atoms. The van der Waals surface area contributed by atoms with Crippen molar-refractivity contribution in [1.82, 2.24) is 14.9 Å². The van der Waals surface area contributed by atoms with Gasteiger partial charge in [0.1, 0.15) is 5.82 Å². The average Bonchev–Trinajstić information content (AvgIpc) is 2.78. The molecule has 0 saturated carbocycles. The van der Waals surface area contributed by atoms with E-state index < -0.39 is 0 Å². The lowest BCUT2D eigenvalue weighted by atomic mass is 10.1. The van der Waals surface area contributed by atoms with Crippen LogP contribution >= 0.6 is 0 Å². The van der Waals surface area contributed by atoms with E-state index in [1.165, 1.54) is 11.3 Å². The smallest absolute Gasteiger partial charge is 0.254 e. The minimum atomic E-state index is 0.0586. The van der Waals surface area contributed by atoms with E-state index in [0.29, 0.717) is 17.9 Å². The number of amides is 1. The molecule has 29 heavy (non-hydrogen) atoms. The summed E-state index contributed by atoms with van der Waals surface area (Å²) >= 11 is 0. The van der Waals surface area contributed by atoms with E-state index in [2.05, 4.69) is 51.4 Å². The number of anilines is 2. The van der Waals surface area contributed by atoms with Gasteiger partial charge in [0.2, 0.25) is 0 Å². The van der Waals surface area contributed by atoms with Gasteiger partial charge in [-0.25, -0.2) is 4.98 Å². The molecule has 1 fully saturated rings. The van der Waals surface area contributed by atoms with Crippen LogP contribution in [0.15, 0.2) is 67.1 Å². The average molecular weight is 387 g/mol. The first-order chi connectivity index (χ1) is 14.2. The Morgan fingerprint density at radius 3 is 2.55 bits per heavy atom. The van der Waals surface area contributed by atoms with Crippen LogP contribution in [0.2, 0.25) is 0 Å². The second-order valence-electron chi connectivity index (χ2n) is 7.26. The summed E-state index contributed by atoms with van der Waals surface area (Å²) in [5.41, 5.74) is 4.26. The van der Waals surface area contributed by atoms with Crippen LogP contribution in [0, 0.1) is 6.92 Å². The van der Waals surface area contributed by atoms with E-state index in [4.69, 9.17) is 0 Å². The molecule has 1 saturated heterocycles. The molecule has 148 valence electrons. The Labute approximate surface area is 171 Å². The van der Waals surface area contributed by atoms with E-state index in [9.17, 15) is 4.79 Å². The van der Waals surface area contributed by atoms with Crippen LogP contribution in [0.3, 0.4) is 0 Å². The van der Waals surface area contributed by atoms with E-state index >= 15 is 0 Å². The predicted octanol–water partition coefficient (Wildman–Crippen LogP) is 3.36. The summed E-state index contributed by atoms with van der Waals surface area (Å²) < 4.78 is 0. The van der Waals surface area contributed by atoms with Gasteiger partial charge in [0.05, 0.1) is 0 Å². The Morgan fingerprint density at radius 2 is 1.79 bits per heavy atom. The zero-order chi connectivity index (χ0) is 20.1. The minimum Gasteiger partial charge on any atom is -0.368 e. The summed E-state index contributed by atoms with van der Waals surface area (Å²) in [6.07, 6.45) is 5.21. The number of hydrogen-bond donors (Lipinski definition) is 1.